The quantitative estimate of drug-likeness (QED) is 0.713. The van der Waals surface area contributed by atoms with Crippen molar-refractivity contribution in [1.82, 2.24) is 15.5 Å². The summed E-state index contributed by atoms with van der Waals surface area (Å²) in [7, 11) is 0. The molecule has 2 heterocycles. The summed E-state index contributed by atoms with van der Waals surface area (Å²) in [5.41, 5.74) is 0. The molecule has 0 saturated carbocycles. The molecule has 0 aliphatic carbocycles. The number of hydrogen-bond donors (Lipinski definition) is 2. The van der Waals surface area contributed by atoms with Gasteiger partial charge in [0.2, 0.25) is 5.91 Å². The fourth-order valence-corrected chi connectivity index (χ4v) is 2.84. The van der Waals surface area contributed by atoms with Crippen LogP contribution in [0, 0.1) is 11.8 Å². The zero-order valence-corrected chi connectivity index (χ0v) is 10.3. The fraction of sp³-hybridized carbons (Fsp3) is 0.917. The zero-order valence-electron chi connectivity index (χ0n) is 10.3. The first kappa shape index (κ1) is 11.9. The third-order valence-corrected chi connectivity index (χ3v) is 3.70. The van der Waals surface area contributed by atoms with Crippen LogP contribution in [0.4, 0.5) is 0 Å². The van der Waals surface area contributed by atoms with Gasteiger partial charge in [0, 0.05) is 51.1 Å². The average molecular weight is 225 g/mol. The van der Waals surface area contributed by atoms with E-state index in [1.807, 2.05) is 0 Å². The minimum absolute atomic E-state index is 0.235. The molecule has 0 bridgehead atoms. The molecule has 2 N–H and O–H groups in total. The Morgan fingerprint density at radius 3 is 2.69 bits per heavy atom. The van der Waals surface area contributed by atoms with Gasteiger partial charge in [-0.1, -0.05) is 13.8 Å². The first-order valence-corrected chi connectivity index (χ1v) is 6.39. The molecule has 0 aromatic heterocycles. The van der Waals surface area contributed by atoms with E-state index in [2.05, 4.69) is 29.4 Å². The summed E-state index contributed by atoms with van der Waals surface area (Å²) in [5.74, 6) is 1.28. The molecule has 1 amide bonds. The highest BCUT2D eigenvalue weighted by Gasteiger charge is 2.35. The molecule has 0 spiro atoms. The highest BCUT2D eigenvalue weighted by molar-refractivity contribution is 5.79. The standard InChI is InChI=1S/C12H23N3O/c1-9(2)12-10(7-11(16)14-12)8-15-5-3-13-4-6-15/h9-10,12-13H,3-8H2,1-2H3,(H,14,16)/t10-,12-/m1/s1. The van der Waals surface area contributed by atoms with Crippen LogP contribution in [0.25, 0.3) is 0 Å². The van der Waals surface area contributed by atoms with Gasteiger partial charge >= 0.3 is 0 Å². The SMILES string of the molecule is CC(C)[C@H]1NC(=O)C[C@@H]1CN1CCNCC1. The Bertz CT molecular complexity index is 249. The molecular formula is C12H23N3O. The molecule has 2 rings (SSSR count). The highest BCUT2D eigenvalue weighted by Crippen LogP contribution is 2.23. The molecule has 2 aliphatic heterocycles. The van der Waals surface area contributed by atoms with Gasteiger partial charge in [0.25, 0.3) is 0 Å². The van der Waals surface area contributed by atoms with E-state index in [1.165, 1.54) is 0 Å². The molecule has 0 aromatic carbocycles. The van der Waals surface area contributed by atoms with Crippen LogP contribution in [0.15, 0.2) is 0 Å². The second kappa shape index (κ2) is 5.15. The predicted molar refractivity (Wildman–Crippen MR) is 64.2 cm³/mol. The monoisotopic (exact) mass is 225 g/mol. The summed E-state index contributed by atoms with van der Waals surface area (Å²) in [5, 5.41) is 6.47. The van der Waals surface area contributed by atoms with Gasteiger partial charge in [0.05, 0.1) is 0 Å². The molecule has 2 aliphatic rings. The van der Waals surface area contributed by atoms with Crippen molar-refractivity contribution in [2.24, 2.45) is 11.8 Å². The van der Waals surface area contributed by atoms with Gasteiger partial charge in [-0.25, -0.2) is 0 Å². The number of carbonyl (C=O) groups is 1. The minimum Gasteiger partial charge on any atom is -0.353 e. The Labute approximate surface area is 97.8 Å². The lowest BCUT2D eigenvalue weighted by atomic mass is 9.91. The Hall–Kier alpha value is -0.610. The lowest BCUT2D eigenvalue weighted by Crippen LogP contribution is -2.47. The molecule has 0 radical (unpaired) electrons. The fourth-order valence-electron chi connectivity index (χ4n) is 2.84. The summed E-state index contributed by atoms with van der Waals surface area (Å²) in [6, 6.07) is 0.377. The number of carbonyl (C=O) groups excluding carboxylic acids is 1. The summed E-state index contributed by atoms with van der Waals surface area (Å²) in [6.07, 6.45) is 0.715. The van der Waals surface area contributed by atoms with E-state index in [-0.39, 0.29) is 5.91 Å². The van der Waals surface area contributed by atoms with E-state index in [4.69, 9.17) is 0 Å². The molecule has 4 heteroatoms. The lowest BCUT2D eigenvalue weighted by Gasteiger charge is -2.32. The van der Waals surface area contributed by atoms with E-state index in [9.17, 15) is 4.79 Å². The molecule has 2 fully saturated rings. The van der Waals surface area contributed by atoms with Crippen molar-refractivity contribution in [3.8, 4) is 0 Å². The normalized spacial score (nSPS) is 32.1. The molecule has 2 saturated heterocycles. The first-order valence-electron chi connectivity index (χ1n) is 6.39. The second-order valence-electron chi connectivity index (χ2n) is 5.35. The van der Waals surface area contributed by atoms with E-state index >= 15 is 0 Å². The van der Waals surface area contributed by atoms with Crippen LogP contribution >= 0.6 is 0 Å². The summed E-state index contributed by atoms with van der Waals surface area (Å²) < 4.78 is 0. The maximum absolute atomic E-state index is 11.5. The van der Waals surface area contributed by atoms with Gasteiger partial charge in [-0.3, -0.25) is 4.79 Å². The number of piperazine rings is 1. The number of hydrogen-bond acceptors (Lipinski definition) is 3. The van der Waals surface area contributed by atoms with Crippen LogP contribution < -0.4 is 10.6 Å². The maximum Gasteiger partial charge on any atom is 0.220 e. The Kier molecular flexibility index (Phi) is 3.82. The van der Waals surface area contributed by atoms with Gasteiger partial charge in [0.15, 0.2) is 0 Å². The van der Waals surface area contributed by atoms with E-state index in [0.717, 1.165) is 32.7 Å². The molecule has 16 heavy (non-hydrogen) atoms. The van der Waals surface area contributed by atoms with Crippen LogP contribution in [0.5, 0.6) is 0 Å². The lowest BCUT2D eigenvalue weighted by molar-refractivity contribution is -0.119. The number of nitrogens with one attached hydrogen (secondary N) is 2. The van der Waals surface area contributed by atoms with Crippen LogP contribution in [-0.2, 0) is 4.79 Å². The van der Waals surface area contributed by atoms with Gasteiger partial charge in [-0.05, 0) is 5.92 Å². The van der Waals surface area contributed by atoms with Gasteiger partial charge in [-0.2, -0.15) is 0 Å². The van der Waals surface area contributed by atoms with Gasteiger partial charge in [0.1, 0.15) is 0 Å². The smallest absolute Gasteiger partial charge is 0.220 e. The molecule has 92 valence electrons. The topological polar surface area (TPSA) is 44.4 Å². The third kappa shape index (κ3) is 2.74. The second-order valence-corrected chi connectivity index (χ2v) is 5.35. The molecule has 4 nitrogen and oxygen atoms in total. The van der Waals surface area contributed by atoms with Crippen LogP contribution in [0.3, 0.4) is 0 Å². The van der Waals surface area contributed by atoms with E-state index < -0.39 is 0 Å². The summed E-state index contributed by atoms with van der Waals surface area (Å²) in [4.78, 5) is 14.0. The largest absolute Gasteiger partial charge is 0.353 e. The molecule has 0 unspecified atom stereocenters. The van der Waals surface area contributed by atoms with Crippen molar-refractivity contribution in [3.05, 3.63) is 0 Å². The Morgan fingerprint density at radius 1 is 1.38 bits per heavy atom. The average Bonchev–Trinajstić information content (AvgIpc) is 2.61. The van der Waals surface area contributed by atoms with Crippen LogP contribution in [0.1, 0.15) is 20.3 Å². The van der Waals surface area contributed by atoms with Gasteiger partial charge < -0.3 is 15.5 Å². The number of amides is 1. The Balaban J connectivity index is 1.89. The van der Waals surface area contributed by atoms with Crippen molar-refractivity contribution in [2.45, 2.75) is 26.3 Å². The van der Waals surface area contributed by atoms with Crippen molar-refractivity contribution in [2.75, 3.05) is 32.7 Å². The van der Waals surface area contributed by atoms with Gasteiger partial charge in [-0.15, -0.1) is 0 Å². The zero-order chi connectivity index (χ0) is 11.5. The van der Waals surface area contributed by atoms with E-state index in [0.29, 0.717) is 24.3 Å². The van der Waals surface area contributed by atoms with E-state index in [1.54, 1.807) is 0 Å². The van der Waals surface area contributed by atoms with Crippen molar-refractivity contribution >= 4 is 5.91 Å². The molecular weight excluding hydrogens is 202 g/mol. The highest BCUT2D eigenvalue weighted by atomic mass is 16.2. The molecule has 2 atom stereocenters. The maximum atomic E-state index is 11.5. The number of rotatable bonds is 3. The summed E-state index contributed by atoms with van der Waals surface area (Å²) >= 11 is 0. The minimum atomic E-state index is 0.235. The number of nitrogens with zero attached hydrogens (tertiary/aromatic N) is 1. The van der Waals surface area contributed by atoms with Crippen molar-refractivity contribution in [1.29, 1.82) is 0 Å². The van der Waals surface area contributed by atoms with Crippen molar-refractivity contribution < 1.29 is 4.79 Å². The van der Waals surface area contributed by atoms with Crippen LogP contribution in [-0.4, -0.2) is 49.6 Å². The summed E-state index contributed by atoms with van der Waals surface area (Å²) in [6.45, 7) is 9.87. The van der Waals surface area contributed by atoms with Crippen LogP contribution in [0.2, 0.25) is 0 Å². The predicted octanol–water partition coefficient (Wildman–Crippen LogP) is 0.0523. The van der Waals surface area contributed by atoms with Crippen molar-refractivity contribution in [3.63, 3.8) is 0 Å². The molecule has 0 aromatic rings. The first-order chi connectivity index (χ1) is 7.66. The Morgan fingerprint density at radius 2 is 2.06 bits per heavy atom. The third-order valence-electron chi connectivity index (χ3n) is 3.70.